The molecule has 2 saturated heterocycles. The van der Waals surface area contributed by atoms with Gasteiger partial charge in [-0.1, -0.05) is 6.92 Å². The third-order valence-corrected chi connectivity index (χ3v) is 8.32. The molecule has 9 nitrogen and oxygen atoms in total. The van der Waals surface area contributed by atoms with Crippen molar-refractivity contribution < 1.29 is 42.0 Å². The van der Waals surface area contributed by atoms with Crippen LogP contribution < -0.4 is 22.4 Å². The van der Waals surface area contributed by atoms with Gasteiger partial charge in [0.15, 0.2) is 12.7 Å². The number of amides is 1. The van der Waals surface area contributed by atoms with E-state index in [4.69, 9.17) is 5.11 Å². The van der Waals surface area contributed by atoms with E-state index in [2.05, 4.69) is 16.1 Å². The van der Waals surface area contributed by atoms with E-state index in [1.165, 1.54) is 10.6 Å². The maximum atomic E-state index is 12.5. The van der Waals surface area contributed by atoms with Gasteiger partial charge >= 0.3 is 5.97 Å². The van der Waals surface area contributed by atoms with Crippen LogP contribution in [-0.4, -0.2) is 73.4 Å². The molecule has 0 spiro atoms. The Balaban J connectivity index is 0.00000289. The predicted octanol–water partition coefficient (Wildman–Crippen LogP) is -3.53. The fraction of sp³-hybridized carbons (Fsp3) is 0.667. The Morgan fingerprint density at radius 3 is 2.78 bits per heavy atom. The van der Waals surface area contributed by atoms with Crippen LogP contribution in [0.15, 0.2) is 22.9 Å². The van der Waals surface area contributed by atoms with Crippen molar-refractivity contribution in [3.05, 3.63) is 28.6 Å². The number of carboxylic acid groups (broad SMARTS) is 1. The molecule has 0 radical (unpaired) electrons. The van der Waals surface area contributed by atoms with Crippen molar-refractivity contribution in [1.29, 1.82) is 0 Å². The number of carbonyl (C=O) groups excluding carboxylic acids is 1. The van der Waals surface area contributed by atoms with E-state index in [1.807, 2.05) is 24.9 Å². The molecule has 32 heavy (non-hydrogen) atoms. The van der Waals surface area contributed by atoms with Crippen LogP contribution in [0.5, 0.6) is 0 Å². The Hall–Kier alpha value is -1.59. The molecule has 2 fully saturated rings. The summed E-state index contributed by atoms with van der Waals surface area (Å²) in [7, 11) is 1.98. The number of nitrogens with zero attached hydrogens (tertiary/aromatic N) is 3. The van der Waals surface area contributed by atoms with Crippen molar-refractivity contribution in [1.82, 2.24) is 14.9 Å². The van der Waals surface area contributed by atoms with Gasteiger partial charge in [0.25, 0.3) is 0 Å². The molecule has 0 saturated carbocycles. The minimum atomic E-state index is -1.08. The second-order valence-corrected chi connectivity index (χ2v) is 10.1. The van der Waals surface area contributed by atoms with Crippen LogP contribution in [-0.2, 0) is 29.6 Å². The fourth-order valence-electron chi connectivity index (χ4n) is 5.21. The molecule has 0 aliphatic carbocycles. The Bertz CT molecular complexity index is 920. The number of β-lactam (4-membered cyclic amide) rings is 1. The summed E-state index contributed by atoms with van der Waals surface area (Å²) >= 11 is 1.57. The zero-order valence-corrected chi connectivity index (χ0v) is 20.0. The Kier molecular flexibility index (Phi) is 7.61. The maximum Gasteiger partial charge on any atom is 0.353 e. The highest BCUT2D eigenvalue weighted by atomic mass is 35.5. The number of hydrogen-bond donors (Lipinski definition) is 4. The minimum absolute atomic E-state index is 0. The first-order valence-corrected chi connectivity index (χ1v) is 11.7. The van der Waals surface area contributed by atoms with Crippen LogP contribution in [0.2, 0.25) is 0 Å². The third-order valence-electron chi connectivity index (χ3n) is 6.81. The molecule has 1 amide bonds. The molecule has 6 atom stereocenters. The van der Waals surface area contributed by atoms with Gasteiger partial charge < -0.3 is 37.9 Å². The molecule has 0 unspecified atom stereocenters. The van der Waals surface area contributed by atoms with E-state index in [1.54, 1.807) is 18.7 Å². The Labute approximate surface area is 197 Å². The van der Waals surface area contributed by atoms with Gasteiger partial charge in [0.1, 0.15) is 12.3 Å². The maximum absolute atomic E-state index is 12.5. The smallest absolute Gasteiger partial charge is 0.353 e. The molecule has 0 aromatic carbocycles. The SMILES string of the molecule is C[C@@H](O)[C@H]1C(=O)N2C(C(=O)O)=C(S[C@@H]3CN[C@H](Cc4cc[n+](CCO)n4C)C3)[C@H](C)[C@H]12.[Cl-]. The summed E-state index contributed by atoms with van der Waals surface area (Å²) in [5, 5.41) is 32.7. The first-order chi connectivity index (χ1) is 14.7. The number of fused-ring (bicyclic) bond motifs is 1. The van der Waals surface area contributed by atoms with Crippen molar-refractivity contribution >= 4 is 23.6 Å². The van der Waals surface area contributed by atoms with Crippen LogP contribution in [0.1, 0.15) is 26.0 Å². The van der Waals surface area contributed by atoms with E-state index in [9.17, 15) is 19.8 Å². The quantitative estimate of drug-likeness (QED) is 0.222. The molecular formula is C21H31ClN4O5S. The van der Waals surface area contributed by atoms with Crippen molar-refractivity contribution in [3.8, 4) is 0 Å². The summed E-state index contributed by atoms with van der Waals surface area (Å²) in [5.74, 6) is -1.99. The topological polar surface area (TPSA) is 119 Å². The monoisotopic (exact) mass is 486 g/mol. The van der Waals surface area contributed by atoms with Gasteiger partial charge in [0.05, 0.1) is 30.8 Å². The number of aliphatic hydroxyl groups excluding tert-OH is 2. The first-order valence-electron chi connectivity index (χ1n) is 10.8. The molecular weight excluding hydrogens is 456 g/mol. The lowest BCUT2D eigenvalue weighted by Gasteiger charge is -2.46. The Morgan fingerprint density at radius 1 is 1.44 bits per heavy atom. The zero-order chi connectivity index (χ0) is 22.4. The third kappa shape index (κ3) is 4.19. The number of rotatable bonds is 8. The summed E-state index contributed by atoms with van der Waals surface area (Å²) in [6, 6.07) is 2.08. The van der Waals surface area contributed by atoms with Crippen LogP contribution in [0, 0.1) is 11.8 Å². The molecule has 0 bridgehead atoms. The van der Waals surface area contributed by atoms with Crippen LogP contribution in [0.3, 0.4) is 0 Å². The van der Waals surface area contributed by atoms with E-state index < -0.39 is 18.0 Å². The van der Waals surface area contributed by atoms with E-state index in [-0.39, 0.29) is 53.9 Å². The second kappa shape index (κ2) is 9.72. The lowest BCUT2D eigenvalue weighted by Crippen LogP contribution is -3.00. The molecule has 1 aromatic heterocycles. The van der Waals surface area contributed by atoms with E-state index >= 15 is 0 Å². The van der Waals surface area contributed by atoms with Crippen molar-refractivity contribution in [2.75, 3.05) is 13.2 Å². The molecule has 4 rings (SSSR count). The average Bonchev–Trinajstić information content (AvgIpc) is 3.35. The van der Waals surface area contributed by atoms with Crippen LogP contribution >= 0.6 is 11.8 Å². The summed E-state index contributed by atoms with van der Waals surface area (Å²) < 4.78 is 4.02. The van der Waals surface area contributed by atoms with Gasteiger partial charge in [0, 0.05) is 41.1 Å². The number of halogens is 1. The lowest BCUT2D eigenvalue weighted by molar-refractivity contribution is -0.774. The standard InChI is InChI=1S/C21H30N4O5S.ClH/c1-11-17-16(12(2)27)20(28)25(17)18(21(29)30)19(11)31-15-9-13(22-10-15)8-14-4-5-24(6-7-26)23(14)3;/h4-5,11-13,15-17,22,26-27H,6-10H2,1-3H3;1H/t11-,12-,13-,15+,16-,17-;/m1./s1. The van der Waals surface area contributed by atoms with Crippen molar-refractivity contribution in [2.45, 2.75) is 56.7 Å². The van der Waals surface area contributed by atoms with Gasteiger partial charge in [-0.2, -0.15) is 4.68 Å². The van der Waals surface area contributed by atoms with Crippen LogP contribution in [0.25, 0.3) is 0 Å². The molecule has 3 aliphatic heterocycles. The first kappa shape index (κ1) is 25.0. The number of carboxylic acids is 1. The number of aliphatic carboxylic acids is 1. The summed E-state index contributed by atoms with van der Waals surface area (Å²) in [4.78, 5) is 26.6. The normalized spacial score (nSPS) is 30.2. The van der Waals surface area contributed by atoms with Gasteiger partial charge in [0.2, 0.25) is 5.91 Å². The number of aromatic nitrogens is 2. The van der Waals surface area contributed by atoms with Gasteiger partial charge in [-0.15, -0.1) is 16.4 Å². The van der Waals surface area contributed by atoms with Crippen LogP contribution in [0.4, 0.5) is 0 Å². The second-order valence-electron chi connectivity index (χ2n) is 8.77. The lowest BCUT2D eigenvalue weighted by atomic mass is 9.79. The summed E-state index contributed by atoms with van der Waals surface area (Å²) in [6.45, 7) is 4.98. The molecule has 4 N–H and O–H groups in total. The molecule has 4 heterocycles. The molecule has 1 aromatic rings. The minimum Gasteiger partial charge on any atom is -1.00 e. The number of hydrogen-bond acceptors (Lipinski definition) is 6. The number of aliphatic hydroxyl groups is 2. The number of nitrogens with one attached hydrogen (secondary N) is 1. The highest BCUT2D eigenvalue weighted by Gasteiger charge is 2.60. The highest BCUT2D eigenvalue weighted by Crippen LogP contribution is 2.51. The van der Waals surface area contributed by atoms with Gasteiger partial charge in [-0.3, -0.25) is 4.79 Å². The largest absolute Gasteiger partial charge is 1.00 e. The number of carbonyl (C=O) groups is 2. The van der Waals surface area contributed by atoms with Gasteiger partial charge in [-0.25, -0.2) is 4.79 Å². The molecule has 178 valence electrons. The fourth-order valence-corrected chi connectivity index (χ4v) is 6.73. The van der Waals surface area contributed by atoms with E-state index in [0.29, 0.717) is 6.54 Å². The van der Waals surface area contributed by atoms with Crippen molar-refractivity contribution in [3.63, 3.8) is 0 Å². The summed E-state index contributed by atoms with van der Waals surface area (Å²) in [5.41, 5.74) is 1.27. The van der Waals surface area contributed by atoms with Gasteiger partial charge in [-0.05, 0) is 13.3 Å². The molecule has 3 aliphatic rings. The summed E-state index contributed by atoms with van der Waals surface area (Å²) in [6.07, 6.45) is 2.93. The van der Waals surface area contributed by atoms with Crippen molar-refractivity contribution in [2.24, 2.45) is 18.9 Å². The highest BCUT2D eigenvalue weighted by molar-refractivity contribution is 8.03. The molecule has 11 heteroatoms. The zero-order valence-electron chi connectivity index (χ0n) is 18.4. The number of thioether (sulfide) groups is 1. The average molecular weight is 487 g/mol. The van der Waals surface area contributed by atoms with E-state index in [0.717, 1.165) is 24.3 Å². The Morgan fingerprint density at radius 2 is 2.16 bits per heavy atom. The predicted molar refractivity (Wildman–Crippen MR) is 114 cm³/mol.